The molecular formula is C12H15ClFNO4S. The maximum absolute atomic E-state index is 12.9. The molecule has 0 radical (unpaired) electrons. The first kappa shape index (κ1) is 16.9. The van der Waals surface area contributed by atoms with E-state index in [0.717, 1.165) is 18.2 Å². The molecule has 1 aromatic rings. The van der Waals surface area contributed by atoms with Crippen LogP contribution < -0.4 is 4.72 Å². The molecule has 0 heterocycles. The highest BCUT2D eigenvalue weighted by Gasteiger charge is 2.20. The van der Waals surface area contributed by atoms with E-state index in [-0.39, 0.29) is 28.8 Å². The van der Waals surface area contributed by atoms with Gasteiger partial charge in [-0.1, -0.05) is 24.9 Å². The van der Waals surface area contributed by atoms with Crippen molar-refractivity contribution in [2.75, 3.05) is 6.54 Å². The van der Waals surface area contributed by atoms with Crippen LogP contribution in [-0.2, 0) is 14.8 Å². The van der Waals surface area contributed by atoms with Crippen molar-refractivity contribution in [1.82, 2.24) is 4.72 Å². The van der Waals surface area contributed by atoms with Gasteiger partial charge >= 0.3 is 5.97 Å². The van der Waals surface area contributed by atoms with Gasteiger partial charge in [0.25, 0.3) is 0 Å². The van der Waals surface area contributed by atoms with E-state index in [1.54, 1.807) is 6.92 Å². The van der Waals surface area contributed by atoms with Gasteiger partial charge in [0.05, 0.1) is 5.02 Å². The van der Waals surface area contributed by atoms with Gasteiger partial charge in [-0.2, -0.15) is 0 Å². The number of carboxylic acids is 1. The fraction of sp³-hybridized carbons (Fsp3) is 0.417. The van der Waals surface area contributed by atoms with Crippen molar-refractivity contribution in [3.8, 4) is 0 Å². The average molecular weight is 324 g/mol. The summed E-state index contributed by atoms with van der Waals surface area (Å²) in [5.41, 5.74) is 0. The normalized spacial score (nSPS) is 13.2. The van der Waals surface area contributed by atoms with Gasteiger partial charge in [-0.15, -0.1) is 0 Å². The second-order valence-corrected chi connectivity index (χ2v) is 6.44. The first-order valence-corrected chi connectivity index (χ1v) is 7.79. The van der Waals surface area contributed by atoms with Gasteiger partial charge in [0.15, 0.2) is 0 Å². The van der Waals surface area contributed by atoms with Crippen LogP contribution in [-0.4, -0.2) is 26.0 Å². The van der Waals surface area contributed by atoms with E-state index in [4.69, 9.17) is 16.7 Å². The third kappa shape index (κ3) is 4.73. The Kier molecular flexibility index (Phi) is 5.91. The predicted molar refractivity (Wildman–Crippen MR) is 72.6 cm³/mol. The number of hydrogen-bond acceptors (Lipinski definition) is 3. The van der Waals surface area contributed by atoms with Crippen molar-refractivity contribution in [3.05, 3.63) is 29.0 Å². The van der Waals surface area contributed by atoms with Crippen LogP contribution in [0.4, 0.5) is 4.39 Å². The van der Waals surface area contributed by atoms with E-state index in [1.807, 2.05) is 0 Å². The van der Waals surface area contributed by atoms with E-state index < -0.39 is 21.8 Å². The molecule has 0 spiro atoms. The molecule has 20 heavy (non-hydrogen) atoms. The third-order valence-electron chi connectivity index (χ3n) is 2.79. The first-order valence-electron chi connectivity index (χ1n) is 5.92. The van der Waals surface area contributed by atoms with E-state index >= 15 is 0 Å². The Hall–Kier alpha value is -1.18. The third-order valence-corrected chi connectivity index (χ3v) is 4.69. The van der Waals surface area contributed by atoms with Crippen LogP contribution in [0.5, 0.6) is 0 Å². The summed E-state index contributed by atoms with van der Waals surface area (Å²) in [6.07, 6.45) is 0.391. The van der Waals surface area contributed by atoms with Crippen LogP contribution in [0.2, 0.25) is 5.02 Å². The van der Waals surface area contributed by atoms with Crippen molar-refractivity contribution in [1.29, 1.82) is 0 Å². The lowest BCUT2D eigenvalue weighted by atomic mass is 10.0. The summed E-state index contributed by atoms with van der Waals surface area (Å²) in [7, 11) is -3.89. The lowest BCUT2D eigenvalue weighted by Crippen LogP contribution is -2.30. The maximum atomic E-state index is 12.9. The molecule has 0 saturated heterocycles. The van der Waals surface area contributed by atoms with E-state index in [1.165, 1.54) is 0 Å². The zero-order chi connectivity index (χ0) is 15.3. The molecule has 0 fully saturated rings. The minimum atomic E-state index is -3.89. The Morgan fingerprint density at radius 1 is 1.50 bits per heavy atom. The Morgan fingerprint density at radius 3 is 2.65 bits per heavy atom. The molecule has 1 rings (SSSR count). The van der Waals surface area contributed by atoms with Gasteiger partial charge in [0, 0.05) is 13.0 Å². The van der Waals surface area contributed by atoms with Crippen molar-refractivity contribution < 1.29 is 22.7 Å². The van der Waals surface area contributed by atoms with Crippen LogP contribution in [0.15, 0.2) is 23.1 Å². The zero-order valence-corrected chi connectivity index (χ0v) is 12.3. The number of carboxylic acid groups (broad SMARTS) is 1. The highest BCUT2D eigenvalue weighted by molar-refractivity contribution is 7.89. The van der Waals surface area contributed by atoms with Crippen LogP contribution in [0, 0.1) is 11.7 Å². The molecule has 0 saturated carbocycles. The lowest BCUT2D eigenvalue weighted by molar-refractivity contribution is -0.138. The van der Waals surface area contributed by atoms with Crippen molar-refractivity contribution >= 4 is 27.6 Å². The van der Waals surface area contributed by atoms with Crippen molar-refractivity contribution in [2.24, 2.45) is 5.92 Å². The fourth-order valence-corrected chi connectivity index (χ4v) is 3.25. The summed E-state index contributed by atoms with van der Waals surface area (Å²) in [4.78, 5) is 10.4. The van der Waals surface area contributed by atoms with Gasteiger partial charge in [-0.3, -0.25) is 4.79 Å². The zero-order valence-electron chi connectivity index (χ0n) is 10.8. The molecule has 1 aromatic carbocycles. The summed E-state index contributed by atoms with van der Waals surface area (Å²) >= 11 is 5.69. The number of rotatable bonds is 7. The van der Waals surface area contributed by atoms with E-state index in [0.29, 0.717) is 6.42 Å². The maximum Gasteiger partial charge on any atom is 0.303 e. The lowest BCUT2D eigenvalue weighted by Gasteiger charge is -2.14. The summed E-state index contributed by atoms with van der Waals surface area (Å²) in [5, 5.41) is 8.48. The van der Waals surface area contributed by atoms with Gasteiger partial charge in [0.1, 0.15) is 10.7 Å². The van der Waals surface area contributed by atoms with Gasteiger partial charge in [-0.05, 0) is 24.1 Å². The average Bonchev–Trinajstić information content (AvgIpc) is 2.33. The number of carbonyl (C=O) groups is 1. The SMILES string of the molecule is CCC(CNS(=O)(=O)c1ccc(F)cc1Cl)CC(=O)O. The van der Waals surface area contributed by atoms with E-state index in [9.17, 15) is 17.6 Å². The molecule has 0 aliphatic rings. The summed E-state index contributed by atoms with van der Waals surface area (Å²) in [6.45, 7) is 1.76. The molecule has 0 bridgehead atoms. The molecule has 1 unspecified atom stereocenters. The van der Waals surface area contributed by atoms with Crippen molar-refractivity contribution in [2.45, 2.75) is 24.7 Å². The summed E-state index contributed by atoms with van der Waals surface area (Å²) in [5.74, 6) is -1.94. The number of halogens is 2. The molecule has 1 atom stereocenters. The van der Waals surface area contributed by atoms with Crippen LogP contribution in [0.1, 0.15) is 19.8 Å². The summed E-state index contributed by atoms with van der Waals surface area (Å²) in [6, 6.07) is 2.97. The standard InChI is InChI=1S/C12H15ClFNO4S/c1-2-8(5-12(16)17)7-15-20(18,19)11-4-3-9(14)6-10(11)13/h3-4,6,8,15H,2,5,7H2,1H3,(H,16,17). The van der Waals surface area contributed by atoms with Gasteiger partial charge in [0.2, 0.25) is 10.0 Å². The Balaban J connectivity index is 2.82. The molecule has 0 aromatic heterocycles. The van der Waals surface area contributed by atoms with Crippen LogP contribution in [0.25, 0.3) is 0 Å². The van der Waals surface area contributed by atoms with Gasteiger partial charge < -0.3 is 5.11 Å². The number of nitrogens with one attached hydrogen (secondary N) is 1. The smallest absolute Gasteiger partial charge is 0.303 e. The molecule has 112 valence electrons. The molecule has 8 heteroatoms. The molecule has 5 nitrogen and oxygen atoms in total. The Labute approximate surface area is 121 Å². The fourth-order valence-electron chi connectivity index (χ4n) is 1.61. The molecule has 0 aliphatic carbocycles. The van der Waals surface area contributed by atoms with Crippen LogP contribution >= 0.6 is 11.6 Å². The monoisotopic (exact) mass is 323 g/mol. The second kappa shape index (κ2) is 7.01. The molecule has 2 N–H and O–H groups in total. The van der Waals surface area contributed by atoms with Gasteiger partial charge in [-0.25, -0.2) is 17.5 Å². The predicted octanol–water partition coefficient (Wildman–Crippen LogP) is 2.26. The quantitative estimate of drug-likeness (QED) is 0.806. The number of hydrogen-bond donors (Lipinski definition) is 2. The molecule has 0 aliphatic heterocycles. The minimum Gasteiger partial charge on any atom is -0.481 e. The Morgan fingerprint density at radius 2 is 2.15 bits per heavy atom. The highest BCUT2D eigenvalue weighted by Crippen LogP contribution is 2.22. The highest BCUT2D eigenvalue weighted by atomic mass is 35.5. The first-order chi connectivity index (χ1) is 9.26. The largest absolute Gasteiger partial charge is 0.481 e. The van der Waals surface area contributed by atoms with Crippen molar-refractivity contribution in [3.63, 3.8) is 0 Å². The van der Waals surface area contributed by atoms with Crippen LogP contribution in [0.3, 0.4) is 0 Å². The molecule has 0 amide bonds. The number of sulfonamides is 1. The number of aliphatic carboxylic acids is 1. The number of benzene rings is 1. The van der Waals surface area contributed by atoms with E-state index in [2.05, 4.69) is 4.72 Å². The Bertz CT molecular complexity index is 591. The molecular weight excluding hydrogens is 309 g/mol. The second-order valence-electron chi connectivity index (χ2n) is 4.30. The summed E-state index contributed by atoms with van der Waals surface area (Å²) < 4.78 is 39.2. The topological polar surface area (TPSA) is 83.5 Å². The minimum absolute atomic E-state index is 0.0150.